The molecule has 0 amide bonds. The van der Waals surface area contributed by atoms with Gasteiger partial charge in [-0.2, -0.15) is 0 Å². The first-order chi connectivity index (χ1) is 20.6. The van der Waals surface area contributed by atoms with Crippen LogP contribution in [0.4, 0.5) is 0 Å². The molecule has 0 spiro atoms. The van der Waals surface area contributed by atoms with Crippen LogP contribution >= 0.6 is 25.3 Å². The first kappa shape index (κ1) is 24.9. The van der Waals surface area contributed by atoms with Crippen molar-refractivity contribution in [2.75, 3.05) is 0 Å². The molecule has 6 aromatic rings. The summed E-state index contributed by atoms with van der Waals surface area (Å²) < 4.78 is 4.34. The molecular weight excluding hydrogens is 555 g/mol. The maximum absolute atomic E-state index is 4.78. The van der Waals surface area contributed by atoms with Crippen LogP contribution in [0.15, 0.2) is 90.1 Å². The summed E-state index contributed by atoms with van der Waals surface area (Å²) in [6, 6.07) is 16.5. The van der Waals surface area contributed by atoms with Crippen molar-refractivity contribution in [3.63, 3.8) is 0 Å². The van der Waals surface area contributed by atoms with E-state index in [0.717, 1.165) is 87.5 Å². The fourth-order valence-corrected chi connectivity index (χ4v) is 6.94. The number of nitrogens with zero attached hydrogens (tertiary/aromatic N) is 5. The molecule has 2 aromatic carbocycles. The first-order valence-corrected chi connectivity index (χ1v) is 14.4. The maximum Gasteiger partial charge on any atom is 0.113 e. The molecule has 0 radical (unpaired) electrons. The van der Waals surface area contributed by atoms with Crippen molar-refractivity contribution >= 4 is 94.3 Å². The van der Waals surface area contributed by atoms with Crippen LogP contribution in [-0.4, -0.2) is 24.0 Å². The van der Waals surface area contributed by atoms with Crippen LogP contribution < -0.4 is 0 Å². The first-order valence-electron chi connectivity index (χ1n) is 13.5. The Morgan fingerprint density at radius 1 is 0.690 bits per heavy atom. The second kappa shape index (κ2) is 9.34. The van der Waals surface area contributed by atoms with Crippen LogP contribution in [0.5, 0.6) is 0 Å². The average molecular weight is 578 g/mol. The molecule has 2 aliphatic heterocycles. The van der Waals surface area contributed by atoms with Gasteiger partial charge >= 0.3 is 0 Å². The lowest BCUT2D eigenvalue weighted by Crippen LogP contribution is -1.86. The largest absolute Gasteiger partial charge is 0.315 e. The Morgan fingerprint density at radius 2 is 1.29 bits per heavy atom. The summed E-state index contributed by atoms with van der Waals surface area (Å²) in [5.41, 5.74) is 9.71. The maximum atomic E-state index is 4.78. The molecule has 0 fully saturated rings. The number of thiol groups is 2. The lowest BCUT2D eigenvalue weighted by molar-refractivity contribution is 1.08. The molecule has 4 aromatic heterocycles. The molecule has 0 saturated carbocycles. The Kier molecular flexibility index (Phi) is 5.54. The number of pyridine rings is 2. The van der Waals surface area contributed by atoms with Gasteiger partial charge in [0.2, 0.25) is 0 Å². The van der Waals surface area contributed by atoms with Gasteiger partial charge in [0.15, 0.2) is 0 Å². The lowest BCUT2D eigenvalue weighted by Gasteiger charge is -1.99. The third kappa shape index (κ3) is 3.50. The quantitative estimate of drug-likeness (QED) is 0.194. The summed E-state index contributed by atoms with van der Waals surface area (Å²) in [7, 11) is 0. The van der Waals surface area contributed by atoms with Gasteiger partial charge in [-0.3, -0.25) is 4.98 Å². The highest BCUT2D eigenvalue weighted by Gasteiger charge is 2.19. The van der Waals surface area contributed by atoms with E-state index in [0.29, 0.717) is 0 Å². The Hall–Kier alpha value is -4.85. The minimum atomic E-state index is 0.729. The average Bonchev–Trinajstić information content (AvgIpc) is 3.76. The molecule has 0 saturated heterocycles. The molecule has 8 rings (SSSR count). The van der Waals surface area contributed by atoms with Crippen LogP contribution in [0.2, 0.25) is 0 Å². The number of hydrogen-bond donors (Lipinski definition) is 2. The molecule has 0 bridgehead atoms. The Balaban J connectivity index is 1.18. The zero-order valence-electron chi connectivity index (χ0n) is 22.4. The van der Waals surface area contributed by atoms with E-state index in [9.17, 15) is 0 Å². The zero-order chi connectivity index (χ0) is 28.5. The van der Waals surface area contributed by atoms with E-state index >= 15 is 0 Å². The van der Waals surface area contributed by atoms with E-state index in [2.05, 4.69) is 81.0 Å². The topological polar surface area (TPSA) is 47.5 Å². The van der Waals surface area contributed by atoms with Gasteiger partial charge in [-0.25, -0.2) is 0 Å². The van der Waals surface area contributed by atoms with Gasteiger partial charge in [0.1, 0.15) is 5.69 Å². The predicted molar refractivity (Wildman–Crippen MR) is 181 cm³/mol. The normalized spacial score (nSPS) is 12.5. The van der Waals surface area contributed by atoms with Crippen LogP contribution in [0.3, 0.4) is 0 Å². The second-order valence-corrected chi connectivity index (χ2v) is 11.2. The second-order valence-electron chi connectivity index (χ2n) is 10.2. The van der Waals surface area contributed by atoms with Gasteiger partial charge in [-0.15, -0.1) is 35.5 Å². The van der Waals surface area contributed by atoms with Gasteiger partial charge in [0.25, 0.3) is 0 Å². The highest BCUT2D eigenvalue weighted by atomic mass is 32.1. The molecule has 0 atom stereocenters. The standard InChI is InChI=1S/C35H23N5S2/c1-3-28-24(32-30(41)17-20-7-5-15-39(28)34(20)32)12-10-22-9-11-23-26(37-38-27(23)19-36-22)14-13-25-29(4-2)40-16-6-8-21-18-31(42)33(25)35(21)40/h3-19,41-42H,1-2H2/b12-10+,14-13+. The summed E-state index contributed by atoms with van der Waals surface area (Å²) in [5, 5.41) is 13.4. The van der Waals surface area contributed by atoms with E-state index in [-0.39, 0.29) is 0 Å². The summed E-state index contributed by atoms with van der Waals surface area (Å²) in [6.45, 7) is 8.14. The third-order valence-electron chi connectivity index (χ3n) is 8.02. The van der Waals surface area contributed by atoms with E-state index in [1.165, 1.54) is 0 Å². The summed E-state index contributed by atoms with van der Waals surface area (Å²) >= 11 is 9.55. The van der Waals surface area contributed by atoms with Crippen LogP contribution in [0, 0.1) is 0 Å². The summed E-state index contributed by atoms with van der Waals surface area (Å²) in [6.07, 6.45) is 17.9. The highest BCUT2D eigenvalue weighted by Crippen LogP contribution is 2.39. The minimum Gasteiger partial charge on any atom is -0.315 e. The number of rotatable bonds is 6. The van der Waals surface area contributed by atoms with Gasteiger partial charge < -0.3 is 8.80 Å². The number of fused-ring (bicyclic) bond motifs is 1. The molecule has 6 heterocycles. The number of aromatic nitrogens is 5. The molecule has 5 nitrogen and oxygen atoms in total. The molecule has 7 heteroatoms. The van der Waals surface area contributed by atoms with Crippen molar-refractivity contribution in [3.05, 3.63) is 114 Å². The smallest absolute Gasteiger partial charge is 0.113 e. The Morgan fingerprint density at radius 3 is 1.88 bits per heavy atom. The van der Waals surface area contributed by atoms with E-state index < -0.39 is 0 Å². The molecule has 0 N–H and O–H groups in total. The van der Waals surface area contributed by atoms with Crippen molar-refractivity contribution in [3.8, 4) is 11.3 Å². The molecule has 0 unspecified atom stereocenters. The molecule has 0 aliphatic carbocycles. The van der Waals surface area contributed by atoms with Gasteiger partial charge in [-0.1, -0.05) is 31.4 Å². The Labute approximate surface area is 252 Å². The SMILES string of the molecule is C=Cc1c(/C=C/c2ccc3c(/C=C/c4c(C=C)n5cccc6cc(S)c4c65)nnc-3cn2)c2c(S)cc3cccn1c32. The van der Waals surface area contributed by atoms with Crippen molar-refractivity contribution in [2.24, 2.45) is 0 Å². The Bertz CT molecular complexity index is 2370. The molecule has 2 aliphatic rings. The van der Waals surface area contributed by atoms with Crippen molar-refractivity contribution in [1.82, 2.24) is 24.0 Å². The fourth-order valence-electron chi connectivity index (χ4n) is 6.21. The lowest BCUT2D eigenvalue weighted by atomic mass is 10.1. The van der Waals surface area contributed by atoms with E-state index in [1.54, 1.807) is 6.20 Å². The monoisotopic (exact) mass is 577 g/mol. The van der Waals surface area contributed by atoms with Crippen molar-refractivity contribution in [2.45, 2.75) is 9.79 Å². The van der Waals surface area contributed by atoms with Gasteiger partial charge in [-0.05, 0) is 66.8 Å². The van der Waals surface area contributed by atoms with Gasteiger partial charge in [0, 0.05) is 60.4 Å². The highest BCUT2D eigenvalue weighted by molar-refractivity contribution is 7.80. The van der Waals surface area contributed by atoms with E-state index in [1.807, 2.05) is 48.6 Å². The minimum absolute atomic E-state index is 0.729. The molecule has 42 heavy (non-hydrogen) atoms. The zero-order valence-corrected chi connectivity index (χ0v) is 24.1. The van der Waals surface area contributed by atoms with Crippen molar-refractivity contribution in [1.29, 1.82) is 0 Å². The molecule has 200 valence electrons. The van der Waals surface area contributed by atoms with Crippen LogP contribution in [0.1, 0.15) is 33.9 Å². The number of hydrogen-bond acceptors (Lipinski definition) is 5. The molecular formula is C35H23N5S2. The van der Waals surface area contributed by atoms with Gasteiger partial charge in [0.05, 0.1) is 40.0 Å². The van der Waals surface area contributed by atoms with Crippen LogP contribution in [0.25, 0.3) is 80.3 Å². The summed E-state index contributed by atoms with van der Waals surface area (Å²) in [5.74, 6) is 0. The summed E-state index contributed by atoms with van der Waals surface area (Å²) in [4.78, 5) is 6.59. The van der Waals surface area contributed by atoms with Crippen molar-refractivity contribution < 1.29 is 0 Å². The predicted octanol–water partition coefficient (Wildman–Crippen LogP) is 8.87. The van der Waals surface area contributed by atoms with E-state index in [4.69, 9.17) is 30.2 Å². The third-order valence-corrected chi connectivity index (χ3v) is 8.73. The van der Waals surface area contributed by atoms with Crippen LogP contribution in [-0.2, 0) is 0 Å². The fraction of sp³-hybridized carbons (Fsp3) is 0.